The Kier molecular flexibility index (Phi) is 8.42. The van der Waals surface area contributed by atoms with Crippen molar-refractivity contribution >= 4 is 22.7 Å². The van der Waals surface area contributed by atoms with Crippen molar-refractivity contribution < 1.29 is 24.6 Å². The average molecular weight is 440 g/mol. The molecule has 0 atom stereocenters. The lowest BCUT2D eigenvalue weighted by Gasteiger charge is -2.25. The summed E-state index contributed by atoms with van der Waals surface area (Å²) in [6.45, 7) is 0.170. The summed E-state index contributed by atoms with van der Waals surface area (Å²) in [5, 5.41) is 56.4. The number of ether oxygens (including phenoxy) is 2. The van der Waals surface area contributed by atoms with Gasteiger partial charge < -0.3 is 24.6 Å². The summed E-state index contributed by atoms with van der Waals surface area (Å²) in [5.74, 6) is 0.621. The summed E-state index contributed by atoms with van der Waals surface area (Å²) in [4.78, 5) is 12.0. The lowest BCUT2D eigenvalue weighted by atomic mass is 10.1. The SMILES string of the molecule is COc1cc(N(CCO)CCO)c(OC)cc1N=Nc1c(C#N)cc([N+](=O)[O-])cc1C#N. The number of aliphatic hydroxyl groups excluding tert-OH is 2. The summed E-state index contributed by atoms with van der Waals surface area (Å²) >= 11 is 0. The molecule has 0 fully saturated rings. The van der Waals surface area contributed by atoms with Gasteiger partial charge in [-0.2, -0.15) is 10.5 Å². The van der Waals surface area contributed by atoms with Crippen molar-refractivity contribution in [3.05, 3.63) is 45.5 Å². The highest BCUT2D eigenvalue weighted by Crippen LogP contribution is 2.41. The molecule has 12 nitrogen and oxygen atoms in total. The quantitative estimate of drug-likeness (QED) is 0.319. The van der Waals surface area contributed by atoms with Gasteiger partial charge in [0.05, 0.1) is 49.2 Å². The van der Waals surface area contributed by atoms with Gasteiger partial charge in [-0.05, 0) is 0 Å². The van der Waals surface area contributed by atoms with E-state index in [1.54, 1.807) is 23.1 Å². The first kappa shape index (κ1) is 24.0. The van der Waals surface area contributed by atoms with Gasteiger partial charge in [-0.15, -0.1) is 10.2 Å². The third-order valence-electron chi connectivity index (χ3n) is 4.37. The number of non-ortho nitro benzene ring substituents is 1. The fraction of sp³-hybridized carbons (Fsp3) is 0.300. The molecule has 2 aromatic carbocycles. The van der Waals surface area contributed by atoms with Gasteiger partial charge in [0.15, 0.2) is 0 Å². The highest BCUT2D eigenvalue weighted by atomic mass is 16.6. The summed E-state index contributed by atoms with van der Waals surface area (Å²) < 4.78 is 10.8. The monoisotopic (exact) mass is 440 g/mol. The number of benzene rings is 2. The van der Waals surface area contributed by atoms with Crippen molar-refractivity contribution in [1.82, 2.24) is 0 Å². The van der Waals surface area contributed by atoms with Gasteiger partial charge in [0.2, 0.25) is 0 Å². The number of nitrogens with zero attached hydrogens (tertiary/aromatic N) is 6. The minimum Gasteiger partial charge on any atom is -0.494 e. The lowest BCUT2D eigenvalue weighted by molar-refractivity contribution is -0.384. The van der Waals surface area contributed by atoms with Gasteiger partial charge in [-0.3, -0.25) is 10.1 Å². The maximum atomic E-state index is 11.0. The number of hydrogen-bond donors (Lipinski definition) is 2. The van der Waals surface area contributed by atoms with Gasteiger partial charge in [-0.25, -0.2) is 0 Å². The van der Waals surface area contributed by atoms with E-state index in [1.165, 1.54) is 20.3 Å². The largest absolute Gasteiger partial charge is 0.494 e. The Bertz CT molecular complexity index is 1060. The zero-order valence-electron chi connectivity index (χ0n) is 17.3. The first-order chi connectivity index (χ1) is 15.4. The normalized spacial score (nSPS) is 10.4. The number of aliphatic hydroxyl groups is 2. The molecular formula is C20H20N6O6. The molecule has 2 N–H and O–H groups in total. The summed E-state index contributed by atoms with van der Waals surface area (Å²) in [5.41, 5.74) is -0.149. The molecule has 12 heteroatoms. The van der Waals surface area contributed by atoms with E-state index in [-0.39, 0.29) is 54.6 Å². The predicted octanol–water partition coefficient (Wildman–Crippen LogP) is 2.56. The van der Waals surface area contributed by atoms with Crippen LogP contribution in [0.1, 0.15) is 11.1 Å². The molecule has 0 aliphatic heterocycles. The molecule has 32 heavy (non-hydrogen) atoms. The van der Waals surface area contributed by atoms with E-state index in [0.717, 1.165) is 12.1 Å². The molecule has 0 unspecified atom stereocenters. The number of nitro groups is 1. The first-order valence-corrected chi connectivity index (χ1v) is 9.21. The first-order valence-electron chi connectivity index (χ1n) is 9.21. The molecule has 0 bridgehead atoms. The maximum Gasteiger partial charge on any atom is 0.272 e. The third-order valence-corrected chi connectivity index (χ3v) is 4.37. The Labute approximate surface area is 183 Å². The molecule has 0 saturated carbocycles. The lowest BCUT2D eigenvalue weighted by Crippen LogP contribution is -2.30. The Hall–Kier alpha value is -4.26. The number of azo groups is 1. The number of rotatable bonds is 10. The zero-order valence-corrected chi connectivity index (χ0v) is 17.3. The van der Waals surface area contributed by atoms with Crippen molar-refractivity contribution in [2.24, 2.45) is 10.2 Å². The van der Waals surface area contributed by atoms with Crippen LogP contribution in [0, 0.1) is 32.8 Å². The Morgan fingerprint density at radius 3 is 2.00 bits per heavy atom. The summed E-state index contributed by atoms with van der Waals surface area (Å²) in [7, 11) is 2.83. The number of nitro benzene ring substituents is 1. The number of methoxy groups -OCH3 is 2. The smallest absolute Gasteiger partial charge is 0.272 e. The second-order valence-electron chi connectivity index (χ2n) is 6.20. The van der Waals surface area contributed by atoms with E-state index in [1.807, 2.05) is 0 Å². The van der Waals surface area contributed by atoms with Crippen LogP contribution in [-0.2, 0) is 0 Å². The van der Waals surface area contributed by atoms with Crippen LogP contribution in [0.3, 0.4) is 0 Å². The van der Waals surface area contributed by atoms with Crippen molar-refractivity contribution in [3.8, 4) is 23.6 Å². The summed E-state index contributed by atoms with van der Waals surface area (Å²) in [6.07, 6.45) is 0. The van der Waals surface area contributed by atoms with Crippen LogP contribution in [0.4, 0.5) is 22.7 Å². The summed E-state index contributed by atoms with van der Waals surface area (Å²) in [6, 6.07) is 8.69. The molecule has 0 amide bonds. The van der Waals surface area contributed by atoms with Crippen LogP contribution in [-0.4, -0.2) is 55.7 Å². The molecule has 0 aliphatic rings. The molecule has 0 saturated heterocycles. The van der Waals surface area contributed by atoms with Crippen molar-refractivity contribution in [2.45, 2.75) is 0 Å². The third kappa shape index (κ3) is 5.26. The van der Waals surface area contributed by atoms with Gasteiger partial charge in [-0.1, -0.05) is 0 Å². The van der Waals surface area contributed by atoms with Gasteiger partial charge >= 0.3 is 0 Å². The van der Waals surface area contributed by atoms with E-state index in [4.69, 9.17) is 9.47 Å². The van der Waals surface area contributed by atoms with Crippen LogP contribution in [0.5, 0.6) is 11.5 Å². The number of anilines is 1. The molecule has 0 spiro atoms. The highest BCUT2D eigenvalue weighted by Gasteiger charge is 2.19. The predicted molar refractivity (Wildman–Crippen MR) is 113 cm³/mol. The molecule has 2 rings (SSSR count). The maximum absolute atomic E-state index is 11.0. The van der Waals surface area contributed by atoms with E-state index in [2.05, 4.69) is 10.2 Å². The number of nitriles is 2. The Balaban J connectivity index is 2.59. The standard InChI is InChI=1S/C20H20N6O6/c1-31-18-10-17(25(3-5-27)4-6-28)19(32-2)9-16(18)23-24-20-13(11-21)7-15(26(29)30)8-14(20)12-22/h7-10,27-28H,3-6H2,1-2H3. The molecule has 0 aliphatic carbocycles. The molecule has 0 aromatic heterocycles. The topological polar surface area (TPSA) is 178 Å². The second kappa shape index (κ2) is 11.2. The minimum absolute atomic E-state index is 0.118. The molecule has 166 valence electrons. The molecule has 2 aromatic rings. The Morgan fingerprint density at radius 2 is 1.56 bits per heavy atom. The second-order valence-corrected chi connectivity index (χ2v) is 6.20. The average Bonchev–Trinajstić information content (AvgIpc) is 2.81. The van der Waals surface area contributed by atoms with Crippen LogP contribution in [0.25, 0.3) is 0 Å². The molecule has 0 heterocycles. The van der Waals surface area contributed by atoms with Crippen LogP contribution in [0.2, 0.25) is 0 Å². The molecular weight excluding hydrogens is 420 g/mol. The van der Waals surface area contributed by atoms with Crippen LogP contribution >= 0.6 is 0 Å². The van der Waals surface area contributed by atoms with E-state index < -0.39 is 10.6 Å². The van der Waals surface area contributed by atoms with Gasteiger partial charge in [0.1, 0.15) is 35.0 Å². The van der Waals surface area contributed by atoms with E-state index in [9.17, 15) is 30.9 Å². The molecule has 0 radical (unpaired) electrons. The fourth-order valence-corrected chi connectivity index (χ4v) is 2.89. The van der Waals surface area contributed by atoms with Crippen molar-refractivity contribution in [2.75, 3.05) is 45.4 Å². The van der Waals surface area contributed by atoms with Crippen molar-refractivity contribution in [3.63, 3.8) is 0 Å². The van der Waals surface area contributed by atoms with Gasteiger partial charge in [0.25, 0.3) is 5.69 Å². The van der Waals surface area contributed by atoms with Crippen LogP contribution in [0.15, 0.2) is 34.5 Å². The van der Waals surface area contributed by atoms with E-state index in [0.29, 0.717) is 11.4 Å². The van der Waals surface area contributed by atoms with Gasteiger partial charge in [0, 0.05) is 37.4 Å². The van der Waals surface area contributed by atoms with E-state index >= 15 is 0 Å². The Morgan fingerprint density at radius 1 is 1.00 bits per heavy atom. The minimum atomic E-state index is -0.709. The number of hydrogen-bond acceptors (Lipinski definition) is 11. The fourth-order valence-electron chi connectivity index (χ4n) is 2.89. The highest BCUT2D eigenvalue weighted by molar-refractivity contribution is 5.71. The zero-order chi connectivity index (χ0) is 23.7. The van der Waals surface area contributed by atoms with Crippen LogP contribution < -0.4 is 14.4 Å². The van der Waals surface area contributed by atoms with Crippen molar-refractivity contribution in [1.29, 1.82) is 10.5 Å².